The molecule has 11 heteroatoms. The third-order valence-corrected chi connectivity index (χ3v) is 9.62. The first-order valence-corrected chi connectivity index (χ1v) is 13.3. The molecule has 0 unspecified atom stereocenters. The van der Waals surface area contributed by atoms with Crippen LogP contribution < -0.4 is 10.6 Å². The predicted molar refractivity (Wildman–Crippen MR) is 133 cm³/mol. The number of amides is 2. The average molecular weight is 517 g/mol. The quantitative estimate of drug-likeness (QED) is 0.390. The normalized spacial score (nSPS) is 29.8. The number of fused-ring (bicyclic) bond motifs is 2. The van der Waals surface area contributed by atoms with E-state index in [1.807, 2.05) is 6.92 Å². The van der Waals surface area contributed by atoms with Crippen LogP contribution in [0.25, 0.3) is 0 Å². The lowest BCUT2D eigenvalue weighted by molar-refractivity contribution is -0.143. The van der Waals surface area contributed by atoms with E-state index in [2.05, 4.69) is 22.5 Å². The van der Waals surface area contributed by atoms with Gasteiger partial charge in [-0.25, -0.2) is 9.97 Å². The number of aliphatic hydroxyl groups excluding tert-OH is 2. The molecule has 0 aliphatic heterocycles. The zero-order valence-electron chi connectivity index (χ0n) is 19.5. The first kappa shape index (κ1) is 24.1. The highest BCUT2D eigenvalue weighted by Crippen LogP contribution is 2.62. The molecule has 3 heterocycles. The Morgan fingerprint density at radius 1 is 1.29 bits per heavy atom. The Bertz CT molecular complexity index is 1210. The van der Waals surface area contributed by atoms with Gasteiger partial charge < -0.3 is 19.9 Å². The van der Waals surface area contributed by atoms with Crippen LogP contribution in [0.1, 0.15) is 60.2 Å². The van der Waals surface area contributed by atoms with Gasteiger partial charge >= 0.3 is 0 Å². The van der Waals surface area contributed by atoms with Crippen molar-refractivity contribution in [2.24, 2.45) is 16.7 Å². The summed E-state index contributed by atoms with van der Waals surface area (Å²) in [5.74, 6) is -0.681. The average Bonchev–Trinajstić information content (AvgIpc) is 3.60. The summed E-state index contributed by atoms with van der Waals surface area (Å²) in [4.78, 5) is 35.5. The molecule has 0 saturated heterocycles. The van der Waals surface area contributed by atoms with Gasteiger partial charge in [-0.05, 0) is 42.7 Å². The van der Waals surface area contributed by atoms with E-state index in [-0.39, 0.29) is 41.9 Å². The number of thiazole rings is 2. The Hall–Kier alpha value is -2.60. The molecule has 4 N–H and O–H groups in total. The first-order chi connectivity index (χ1) is 16.7. The Labute approximate surface area is 210 Å². The number of carbonyl (C=O) groups is 2. The number of furan rings is 1. The SMILES string of the molecule is C[C@]1(CO)[C@H]2Cc3sc(NC(=O)c4ccco4)nc3[C@@H](CC(=O)Nc3nccs3)[C@]2(C)CC[C@H]1O. The van der Waals surface area contributed by atoms with Crippen LogP contribution in [0.15, 0.2) is 34.4 Å². The highest BCUT2D eigenvalue weighted by atomic mass is 32.1. The fourth-order valence-corrected chi connectivity index (χ4v) is 7.52. The van der Waals surface area contributed by atoms with Crippen LogP contribution in [0, 0.1) is 16.7 Å². The lowest BCUT2D eigenvalue weighted by Crippen LogP contribution is -2.57. The number of aliphatic hydroxyl groups is 2. The lowest BCUT2D eigenvalue weighted by Gasteiger charge is -2.58. The minimum atomic E-state index is -0.712. The number of hydrogen-bond donors (Lipinski definition) is 4. The first-order valence-electron chi connectivity index (χ1n) is 11.6. The van der Waals surface area contributed by atoms with E-state index in [0.717, 1.165) is 10.6 Å². The summed E-state index contributed by atoms with van der Waals surface area (Å²) < 4.78 is 5.19. The van der Waals surface area contributed by atoms with Crippen LogP contribution in [-0.4, -0.2) is 44.7 Å². The molecule has 2 aliphatic carbocycles. The van der Waals surface area contributed by atoms with Gasteiger partial charge in [-0.1, -0.05) is 13.8 Å². The molecule has 2 amide bonds. The van der Waals surface area contributed by atoms with Gasteiger partial charge in [0.1, 0.15) is 0 Å². The highest BCUT2D eigenvalue weighted by molar-refractivity contribution is 7.16. The molecule has 186 valence electrons. The number of aromatic nitrogens is 2. The summed E-state index contributed by atoms with van der Waals surface area (Å²) in [5.41, 5.74) is -0.286. The van der Waals surface area contributed by atoms with Gasteiger partial charge in [0.2, 0.25) is 5.91 Å². The highest BCUT2D eigenvalue weighted by Gasteiger charge is 2.59. The summed E-state index contributed by atoms with van der Waals surface area (Å²) in [7, 11) is 0. The van der Waals surface area contributed by atoms with Crippen molar-refractivity contribution in [3.05, 3.63) is 46.3 Å². The minimum Gasteiger partial charge on any atom is -0.459 e. The number of anilines is 2. The molecular formula is C24H28N4O5S2. The number of rotatable bonds is 6. The molecule has 0 aromatic carbocycles. The van der Waals surface area contributed by atoms with Crippen LogP contribution >= 0.6 is 22.7 Å². The molecule has 3 aromatic rings. The smallest absolute Gasteiger partial charge is 0.293 e. The van der Waals surface area contributed by atoms with E-state index >= 15 is 0 Å². The van der Waals surface area contributed by atoms with Crippen molar-refractivity contribution < 1.29 is 24.2 Å². The van der Waals surface area contributed by atoms with E-state index in [1.54, 1.807) is 23.7 Å². The molecule has 3 aromatic heterocycles. The molecule has 5 atom stereocenters. The molecule has 0 radical (unpaired) electrons. The number of hydrogen-bond acceptors (Lipinski definition) is 9. The van der Waals surface area contributed by atoms with Crippen molar-refractivity contribution in [3.8, 4) is 0 Å². The molecule has 0 bridgehead atoms. The van der Waals surface area contributed by atoms with Gasteiger partial charge in [-0.2, -0.15) is 0 Å². The zero-order valence-corrected chi connectivity index (χ0v) is 21.1. The molecule has 9 nitrogen and oxygen atoms in total. The zero-order chi connectivity index (χ0) is 24.8. The van der Waals surface area contributed by atoms with Crippen molar-refractivity contribution in [3.63, 3.8) is 0 Å². The molecule has 35 heavy (non-hydrogen) atoms. The molecule has 5 rings (SSSR count). The van der Waals surface area contributed by atoms with Gasteiger partial charge in [-0.3, -0.25) is 14.9 Å². The second kappa shape index (κ2) is 9.12. The van der Waals surface area contributed by atoms with E-state index in [4.69, 9.17) is 9.40 Å². The van der Waals surface area contributed by atoms with Crippen LogP contribution in [0.4, 0.5) is 10.3 Å². The summed E-state index contributed by atoms with van der Waals surface area (Å²) in [6, 6.07) is 3.23. The third-order valence-electron chi connectivity index (χ3n) is 7.93. The molecule has 2 aliphatic rings. The Morgan fingerprint density at radius 2 is 2.11 bits per heavy atom. The molecular weight excluding hydrogens is 488 g/mol. The van der Waals surface area contributed by atoms with Crippen molar-refractivity contribution in [1.29, 1.82) is 0 Å². The standard InChI is InChI=1S/C24H28N4O5S2/c1-23-6-5-17(30)24(2,12-29)16(23)11-15-19(13(23)10-18(31)26-21-25-7-9-34-21)27-22(35-15)28-20(32)14-4-3-8-33-14/h3-4,7-9,13,16-17,29-30H,5-6,10-12H2,1-2H3,(H,25,26,31)(H,27,28,32)/t13-,16+,17-,23+,24+/m1/s1. The van der Waals surface area contributed by atoms with E-state index in [0.29, 0.717) is 29.5 Å². The van der Waals surface area contributed by atoms with Crippen molar-refractivity contribution in [2.45, 2.75) is 51.6 Å². The number of nitrogens with one attached hydrogen (secondary N) is 2. The van der Waals surface area contributed by atoms with Gasteiger partial charge in [0.15, 0.2) is 16.0 Å². The minimum absolute atomic E-state index is 0.0667. The van der Waals surface area contributed by atoms with E-state index in [1.165, 1.54) is 28.9 Å². The lowest BCUT2D eigenvalue weighted by atomic mass is 9.47. The van der Waals surface area contributed by atoms with Gasteiger partial charge in [-0.15, -0.1) is 22.7 Å². The van der Waals surface area contributed by atoms with Crippen LogP contribution in [0.3, 0.4) is 0 Å². The number of nitrogens with zero attached hydrogens (tertiary/aromatic N) is 2. The monoisotopic (exact) mass is 516 g/mol. The third kappa shape index (κ3) is 4.20. The second-order valence-corrected chi connectivity index (χ2v) is 11.9. The fraction of sp³-hybridized carbons (Fsp3) is 0.500. The van der Waals surface area contributed by atoms with Crippen molar-refractivity contribution in [2.75, 3.05) is 17.2 Å². The largest absolute Gasteiger partial charge is 0.459 e. The van der Waals surface area contributed by atoms with Crippen molar-refractivity contribution >= 4 is 44.8 Å². The Balaban J connectivity index is 1.50. The van der Waals surface area contributed by atoms with Crippen LogP contribution in [0.5, 0.6) is 0 Å². The maximum Gasteiger partial charge on any atom is 0.293 e. The van der Waals surface area contributed by atoms with Crippen LogP contribution in [-0.2, 0) is 11.2 Å². The molecule has 1 saturated carbocycles. The Kier molecular flexibility index (Phi) is 6.28. The fourth-order valence-electron chi connectivity index (χ4n) is 5.91. The van der Waals surface area contributed by atoms with Gasteiger partial charge in [0, 0.05) is 34.2 Å². The van der Waals surface area contributed by atoms with Crippen molar-refractivity contribution in [1.82, 2.24) is 9.97 Å². The Morgan fingerprint density at radius 3 is 2.80 bits per heavy atom. The van der Waals surface area contributed by atoms with E-state index in [9.17, 15) is 19.8 Å². The summed E-state index contributed by atoms with van der Waals surface area (Å²) in [5, 5.41) is 29.7. The number of carbonyl (C=O) groups excluding carboxylic acids is 2. The van der Waals surface area contributed by atoms with Gasteiger partial charge in [0.25, 0.3) is 5.91 Å². The molecule has 1 fully saturated rings. The summed E-state index contributed by atoms with van der Waals surface area (Å²) >= 11 is 2.73. The predicted octanol–water partition coefficient (Wildman–Crippen LogP) is 3.89. The topological polar surface area (TPSA) is 138 Å². The maximum atomic E-state index is 13.1. The summed E-state index contributed by atoms with van der Waals surface area (Å²) in [6.07, 6.45) is 4.48. The van der Waals surface area contributed by atoms with Gasteiger partial charge in [0.05, 0.1) is 24.7 Å². The van der Waals surface area contributed by atoms with E-state index < -0.39 is 17.4 Å². The maximum absolute atomic E-state index is 13.1. The van der Waals surface area contributed by atoms with Crippen LogP contribution in [0.2, 0.25) is 0 Å². The second-order valence-electron chi connectivity index (χ2n) is 9.88. The summed E-state index contributed by atoms with van der Waals surface area (Å²) in [6.45, 7) is 3.92. The molecule has 0 spiro atoms.